The van der Waals surface area contributed by atoms with E-state index in [1.165, 1.54) is 23.0 Å². The minimum absolute atomic E-state index is 0.0325. The number of hydrogen-bond acceptors (Lipinski definition) is 8. The molecule has 0 bridgehead atoms. The lowest BCUT2D eigenvalue weighted by Crippen LogP contribution is -2.26. The molecular formula is C29H26N6O3S. The van der Waals surface area contributed by atoms with Gasteiger partial charge in [-0.05, 0) is 35.2 Å². The van der Waals surface area contributed by atoms with Gasteiger partial charge in [0.2, 0.25) is 0 Å². The van der Waals surface area contributed by atoms with E-state index in [0.29, 0.717) is 33.6 Å². The number of H-pyrrole nitrogens is 1. The molecule has 196 valence electrons. The number of aromatic nitrogens is 2. The molecule has 1 aromatic heterocycles. The molecule has 0 aliphatic carbocycles. The molecule has 0 amide bonds. The van der Waals surface area contributed by atoms with Gasteiger partial charge in [0.15, 0.2) is 5.16 Å². The quantitative estimate of drug-likeness (QED) is 0.0977. The van der Waals surface area contributed by atoms with Gasteiger partial charge in [0.25, 0.3) is 5.56 Å². The number of aromatic amines is 1. The van der Waals surface area contributed by atoms with Crippen molar-refractivity contribution in [3.05, 3.63) is 112 Å². The molecule has 4 aromatic rings. The Morgan fingerprint density at radius 1 is 1.00 bits per heavy atom. The van der Waals surface area contributed by atoms with Gasteiger partial charge in [-0.3, -0.25) is 14.6 Å². The molecule has 0 aliphatic rings. The number of hydrazine groups is 1. The molecule has 4 rings (SSSR count). The Balaban J connectivity index is 1.47. The summed E-state index contributed by atoms with van der Waals surface area (Å²) >= 11 is 1.34. The van der Waals surface area contributed by atoms with E-state index < -0.39 is 11.5 Å². The molecule has 0 fully saturated rings. The van der Waals surface area contributed by atoms with E-state index in [0.717, 1.165) is 16.7 Å². The smallest absolute Gasteiger partial charge is 0.303 e. The monoisotopic (exact) mass is 538 g/mol. The van der Waals surface area contributed by atoms with Crippen LogP contribution in [0.4, 0.5) is 5.69 Å². The van der Waals surface area contributed by atoms with Crippen LogP contribution in [-0.2, 0) is 10.5 Å². The molecule has 9 nitrogen and oxygen atoms in total. The molecule has 0 radical (unpaired) electrons. The van der Waals surface area contributed by atoms with Crippen molar-refractivity contribution in [3.63, 3.8) is 0 Å². The number of anilines is 1. The lowest BCUT2D eigenvalue weighted by molar-refractivity contribution is -0.136. The summed E-state index contributed by atoms with van der Waals surface area (Å²) in [6.45, 7) is 0. The first kappa shape index (κ1) is 27.2. The summed E-state index contributed by atoms with van der Waals surface area (Å²) in [7, 11) is 0. The largest absolute Gasteiger partial charge is 0.481 e. The van der Waals surface area contributed by atoms with Gasteiger partial charge in [-0.25, -0.2) is 10.8 Å². The first-order valence-corrected chi connectivity index (χ1v) is 13.0. The summed E-state index contributed by atoms with van der Waals surface area (Å²) in [4.78, 5) is 30.6. The number of benzene rings is 3. The maximum atomic E-state index is 12.7. The first-order valence-electron chi connectivity index (χ1n) is 12.0. The second kappa shape index (κ2) is 12.6. The average molecular weight is 539 g/mol. The van der Waals surface area contributed by atoms with Gasteiger partial charge in [-0.1, -0.05) is 78.5 Å². The number of allylic oxidation sites excluding steroid dienone is 1. The Bertz CT molecular complexity index is 1580. The number of nitrogens with two attached hydrogens (primary N) is 2. The zero-order chi connectivity index (χ0) is 27.8. The third kappa shape index (κ3) is 7.13. The highest BCUT2D eigenvalue weighted by atomic mass is 32.2. The number of hydrogen-bond donors (Lipinski definition) is 4. The number of carboxylic acids is 1. The lowest BCUT2D eigenvalue weighted by Gasteiger charge is -2.15. The minimum Gasteiger partial charge on any atom is -0.481 e. The van der Waals surface area contributed by atoms with Crippen molar-refractivity contribution < 1.29 is 9.90 Å². The van der Waals surface area contributed by atoms with Crippen molar-refractivity contribution in [2.24, 2.45) is 11.6 Å². The molecule has 10 heteroatoms. The van der Waals surface area contributed by atoms with Crippen LogP contribution in [0.5, 0.6) is 0 Å². The maximum absolute atomic E-state index is 12.7. The summed E-state index contributed by atoms with van der Waals surface area (Å²) in [5.74, 6) is 5.61. The predicted molar refractivity (Wildman–Crippen MR) is 152 cm³/mol. The Labute approximate surface area is 229 Å². The van der Waals surface area contributed by atoms with Gasteiger partial charge in [0.05, 0.1) is 17.8 Å². The minimum atomic E-state index is -0.928. The van der Waals surface area contributed by atoms with E-state index >= 15 is 0 Å². The molecule has 6 N–H and O–H groups in total. The van der Waals surface area contributed by atoms with Crippen molar-refractivity contribution in [2.45, 2.75) is 23.8 Å². The second-order valence-electron chi connectivity index (χ2n) is 8.61. The van der Waals surface area contributed by atoms with Crippen LogP contribution in [0.15, 0.2) is 101 Å². The first-order chi connectivity index (χ1) is 18.8. The van der Waals surface area contributed by atoms with E-state index in [2.05, 4.69) is 9.97 Å². The highest BCUT2D eigenvalue weighted by molar-refractivity contribution is 7.98. The summed E-state index contributed by atoms with van der Waals surface area (Å²) < 4.78 is 0. The van der Waals surface area contributed by atoms with Crippen LogP contribution in [0.25, 0.3) is 22.4 Å². The van der Waals surface area contributed by atoms with Gasteiger partial charge in [-0.15, -0.1) is 0 Å². The fourth-order valence-electron chi connectivity index (χ4n) is 3.77. The topological polar surface area (TPSA) is 162 Å². The molecule has 0 atom stereocenters. The molecule has 0 unspecified atom stereocenters. The van der Waals surface area contributed by atoms with E-state index in [-0.39, 0.29) is 18.4 Å². The normalized spacial score (nSPS) is 11.1. The maximum Gasteiger partial charge on any atom is 0.303 e. The van der Waals surface area contributed by atoms with Crippen molar-refractivity contribution >= 4 is 23.4 Å². The highest BCUT2D eigenvalue weighted by Crippen LogP contribution is 2.27. The van der Waals surface area contributed by atoms with Crippen LogP contribution < -0.4 is 22.1 Å². The molecule has 3 aromatic carbocycles. The number of thioether (sulfide) groups is 1. The van der Waals surface area contributed by atoms with Crippen LogP contribution in [0.2, 0.25) is 0 Å². The Morgan fingerprint density at radius 3 is 2.28 bits per heavy atom. The third-order valence-corrected chi connectivity index (χ3v) is 6.76. The van der Waals surface area contributed by atoms with E-state index in [1.807, 2.05) is 84.9 Å². The molecule has 39 heavy (non-hydrogen) atoms. The van der Waals surface area contributed by atoms with Gasteiger partial charge in [-0.2, -0.15) is 5.26 Å². The van der Waals surface area contributed by atoms with Crippen molar-refractivity contribution in [3.8, 4) is 28.5 Å². The fourth-order valence-corrected chi connectivity index (χ4v) is 4.59. The average Bonchev–Trinajstić information content (AvgIpc) is 2.95. The predicted octanol–water partition coefficient (Wildman–Crippen LogP) is 4.61. The Morgan fingerprint density at radius 2 is 1.64 bits per heavy atom. The number of rotatable bonds is 10. The van der Waals surface area contributed by atoms with Gasteiger partial charge in [0.1, 0.15) is 11.6 Å². The summed E-state index contributed by atoms with van der Waals surface area (Å²) in [5, 5.41) is 20.1. The molecule has 0 spiro atoms. The summed E-state index contributed by atoms with van der Waals surface area (Å²) in [5.41, 5.74) is 10.4. The zero-order valence-electron chi connectivity index (χ0n) is 20.9. The number of nitriles is 1. The van der Waals surface area contributed by atoms with Crippen LogP contribution in [0.1, 0.15) is 24.0 Å². The van der Waals surface area contributed by atoms with Crippen molar-refractivity contribution in [1.29, 1.82) is 5.26 Å². The van der Waals surface area contributed by atoms with Gasteiger partial charge in [0, 0.05) is 23.2 Å². The number of nitrogens with one attached hydrogen (secondary N) is 1. The molecule has 0 saturated heterocycles. The lowest BCUT2D eigenvalue weighted by atomic mass is 10.0. The number of carboxylic acid groups (broad SMARTS) is 1. The van der Waals surface area contributed by atoms with Crippen molar-refractivity contribution in [2.75, 3.05) is 5.01 Å². The Kier molecular flexibility index (Phi) is 8.78. The Hall–Kier alpha value is -4.85. The molecular weight excluding hydrogens is 512 g/mol. The molecule has 0 aliphatic heterocycles. The number of nitrogens with zero attached hydrogens (tertiary/aromatic N) is 3. The van der Waals surface area contributed by atoms with Crippen molar-refractivity contribution in [1.82, 2.24) is 9.97 Å². The standard InChI is InChI=1S/C29H26N6O3S/c30-16-25-27(22-10-8-21(9-11-22)20-4-2-1-3-5-20)33-29(34-28(25)38)39-18-19-6-13-24(14-7-19)35(32)17-23(31)12-15-26(36)37/h1-11,13-14,17H,12,15,18,31-32H2,(H,36,37)(H,33,34,38)/b23-17-. The van der Waals surface area contributed by atoms with Gasteiger partial charge < -0.3 is 15.8 Å². The van der Waals surface area contributed by atoms with E-state index in [9.17, 15) is 14.9 Å². The summed E-state index contributed by atoms with van der Waals surface area (Å²) in [6, 6.07) is 26.9. The third-order valence-electron chi connectivity index (χ3n) is 5.82. The SMILES string of the molecule is N#Cc1c(-c2ccc(-c3ccccc3)cc2)nc(SCc2ccc(N(N)/C=C(\N)CCC(=O)O)cc2)[nH]c1=O. The number of carbonyl (C=O) groups is 1. The second-order valence-corrected chi connectivity index (χ2v) is 9.57. The van der Waals surface area contributed by atoms with Crippen LogP contribution in [0.3, 0.4) is 0 Å². The fraction of sp³-hybridized carbons (Fsp3) is 0.103. The highest BCUT2D eigenvalue weighted by Gasteiger charge is 2.14. The summed E-state index contributed by atoms with van der Waals surface area (Å²) in [6.07, 6.45) is 1.62. The van der Waals surface area contributed by atoms with Gasteiger partial charge >= 0.3 is 5.97 Å². The van der Waals surface area contributed by atoms with Crippen LogP contribution in [-0.4, -0.2) is 21.0 Å². The van der Waals surface area contributed by atoms with Crippen LogP contribution in [0, 0.1) is 11.3 Å². The molecule has 1 heterocycles. The molecule has 0 saturated carbocycles. The number of aliphatic carboxylic acids is 1. The van der Waals surface area contributed by atoms with Crippen LogP contribution >= 0.6 is 11.8 Å². The van der Waals surface area contributed by atoms with E-state index in [1.54, 1.807) is 0 Å². The van der Waals surface area contributed by atoms with E-state index in [4.69, 9.17) is 16.7 Å². The zero-order valence-corrected chi connectivity index (χ0v) is 21.7.